The Kier molecular flexibility index (Phi) is 20.9. The van der Waals surface area contributed by atoms with Gasteiger partial charge in [-0.2, -0.15) is 0 Å². The van der Waals surface area contributed by atoms with E-state index in [2.05, 4.69) is 31.9 Å². The summed E-state index contributed by atoms with van der Waals surface area (Å²) in [6, 6.07) is 8.10. The predicted octanol–water partition coefficient (Wildman–Crippen LogP) is -1.74. The highest BCUT2D eigenvalue weighted by Crippen LogP contribution is 2.13. The SMILES string of the molecule is CCCCC(=O)N[C@@H](CCC(=O)O)C(=O)NCC(=O)NCC(=O)N(C)[C@@H](Cc1ccccc1)C(=O)N[C@@H](Cc1ccccc1F)C(=O)NCC(=O)N[C@@H](CC(=O)O)C(N)=O. The van der Waals surface area contributed by atoms with Gasteiger partial charge in [0, 0.05) is 32.7 Å². The topological polar surface area (TPSA) is 313 Å². The molecule has 0 aliphatic carbocycles. The molecular weight excluding hydrogens is 791 g/mol. The smallest absolute Gasteiger partial charge is 0.305 e. The molecular formula is C39H51FN8O12. The Morgan fingerprint density at radius 2 is 1.27 bits per heavy atom. The van der Waals surface area contributed by atoms with E-state index in [1.165, 1.54) is 25.2 Å². The lowest BCUT2D eigenvalue weighted by Crippen LogP contribution is -2.57. The number of carboxylic acid groups (broad SMARTS) is 2. The number of likely N-dealkylation sites (N-methyl/N-ethyl adjacent to an activating group) is 1. The zero-order valence-electron chi connectivity index (χ0n) is 33.2. The number of halogens is 1. The molecule has 0 spiro atoms. The Hall–Kier alpha value is -6.93. The summed E-state index contributed by atoms with van der Waals surface area (Å²) in [6.45, 7) is -0.245. The molecule has 0 bridgehead atoms. The highest BCUT2D eigenvalue weighted by Gasteiger charge is 2.32. The molecule has 21 heteroatoms. The molecule has 10 N–H and O–H groups in total. The third-order valence-corrected chi connectivity index (χ3v) is 8.85. The molecule has 2 rings (SSSR count). The van der Waals surface area contributed by atoms with E-state index in [9.17, 15) is 52.3 Å². The largest absolute Gasteiger partial charge is 0.481 e. The van der Waals surface area contributed by atoms with E-state index in [-0.39, 0.29) is 24.8 Å². The number of unbranched alkanes of at least 4 members (excludes halogenated alkanes) is 1. The summed E-state index contributed by atoms with van der Waals surface area (Å²) in [4.78, 5) is 126. The van der Waals surface area contributed by atoms with Crippen LogP contribution in [0.25, 0.3) is 0 Å². The van der Waals surface area contributed by atoms with Gasteiger partial charge in [0.25, 0.3) is 0 Å². The molecule has 0 heterocycles. The first-order chi connectivity index (χ1) is 28.4. The average Bonchev–Trinajstić information content (AvgIpc) is 3.20. The van der Waals surface area contributed by atoms with Crippen molar-refractivity contribution in [3.8, 4) is 0 Å². The Labute approximate surface area is 344 Å². The molecule has 0 saturated heterocycles. The fourth-order valence-corrected chi connectivity index (χ4v) is 5.50. The Morgan fingerprint density at radius 3 is 1.87 bits per heavy atom. The fraction of sp³-hybridized carbons (Fsp3) is 0.436. The molecule has 0 aliphatic rings. The minimum Gasteiger partial charge on any atom is -0.481 e. The summed E-state index contributed by atoms with van der Waals surface area (Å²) < 4.78 is 14.8. The van der Waals surface area contributed by atoms with Crippen molar-refractivity contribution in [3.63, 3.8) is 0 Å². The molecule has 8 amide bonds. The number of aliphatic carboxylic acids is 2. The number of nitrogens with two attached hydrogens (primary N) is 1. The molecule has 60 heavy (non-hydrogen) atoms. The normalized spacial score (nSPS) is 12.6. The maximum atomic E-state index is 14.8. The van der Waals surface area contributed by atoms with Crippen LogP contribution in [0.4, 0.5) is 4.39 Å². The van der Waals surface area contributed by atoms with Crippen molar-refractivity contribution < 1.29 is 62.5 Å². The van der Waals surface area contributed by atoms with Crippen LogP contribution in [0.15, 0.2) is 54.6 Å². The molecule has 20 nitrogen and oxygen atoms in total. The lowest BCUT2D eigenvalue weighted by atomic mass is 10.0. The van der Waals surface area contributed by atoms with Crippen molar-refractivity contribution in [3.05, 3.63) is 71.5 Å². The minimum absolute atomic E-state index is 0.00331. The van der Waals surface area contributed by atoms with Crippen LogP contribution < -0.4 is 37.6 Å². The number of rotatable bonds is 26. The Bertz CT molecular complexity index is 1860. The van der Waals surface area contributed by atoms with Gasteiger partial charge in [0.05, 0.1) is 26.1 Å². The first-order valence-corrected chi connectivity index (χ1v) is 18.9. The molecule has 0 radical (unpaired) electrons. The number of hydrogen-bond donors (Lipinski definition) is 9. The summed E-state index contributed by atoms with van der Waals surface area (Å²) >= 11 is 0. The van der Waals surface area contributed by atoms with Crippen LogP contribution >= 0.6 is 0 Å². The molecule has 0 saturated carbocycles. The van der Waals surface area contributed by atoms with E-state index in [4.69, 9.17) is 15.9 Å². The van der Waals surface area contributed by atoms with Crippen molar-refractivity contribution >= 4 is 59.2 Å². The van der Waals surface area contributed by atoms with Crippen LogP contribution in [0.1, 0.15) is 56.6 Å². The summed E-state index contributed by atoms with van der Waals surface area (Å²) in [6.07, 6.45) is -0.657. The third kappa shape index (κ3) is 18.1. The second-order valence-corrected chi connectivity index (χ2v) is 13.6. The lowest BCUT2D eigenvalue weighted by Gasteiger charge is -2.29. The van der Waals surface area contributed by atoms with Crippen molar-refractivity contribution in [2.75, 3.05) is 26.7 Å². The van der Waals surface area contributed by atoms with E-state index in [1.54, 1.807) is 30.3 Å². The van der Waals surface area contributed by atoms with Gasteiger partial charge in [-0.25, -0.2) is 4.39 Å². The number of nitrogens with zero attached hydrogens (tertiary/aromatic N) is 1. The second kappa shape index (κ2) is 25.4. The Balaban J connectivity index is 2.21. The molecule has 4 atom stereocenters. The first kappa shape index (κ1) is 49.2. The number of primary amides is 1. The molecule has 0 unspecified atom stereocenters. The van der Waals surface area contributed by atoms with E-state index in [0.29, 0.717) is 18.4 Å². The standard InChI is InChI=1S/C39H51FN8O12/c1-3-4-14-30(49)45-26(15-16-34(53)54)37(58)43-20-31(50)42-22-33(52)48(2)29(17-23-10-6-5-7-11-23)39(60)47-28(18-24-12-8-9-13-25(24)40)38(59)44-21-32(51)46-27(36(41)57)19-35(55)56/h5-13,26-29H,3-4,14-22H2,1-2H3,(H2,41,57)(H,42,50)(H,43,58)(H,44,59)(H,45,49)(H,46,51)(H,47,60)(H,53,54)(H,55,56)/t26-,27-,28-,29-/m0/s1. The zero-order valence-corrected chi connectivity index (χ0v) is 33.2. The summed E-state index contributed by atoms with van der Waals surface area (Å²) in [7, 11) is 1.26. The monoisotopic (exact) mass is 842 g/mol. The minimum atomic E-state index is -1.59. The molecule has 0 aliphatic heterocycles. The van der Waals surface area contributed by atoms with E-state index in [1.807, 2.05) is 6.92 Å². The van der Waals surface area contributed by atoms with Gasteiger partial charge < -0.3 is 52.7 Å². The van der Waals surface area contributed by atoms with E-state index < -0.39 is 128 Å². The molecule has 326 valence electrons. The van der Waals surface area contributed by atoms with Crippen molar-refractivity contribution in [1.82, 2.24) is 36.8 Å². The summed E-state index contributed by atoms with van der Waals surface area (Å²) in [5.74, 6) is -10.3. The van der Waals surface area contributed by atoms with Gasteiger partial charge in [-0.1, -0.05) is 61.9 Å². The fourth-order valence-electron chi connectivity index (χ4n) is 5.50. The second-order valence-electron chi connectivity index (χ2n) is 13.6. The van der Waals surface area contributed by atoms with Gasteiger partial charge in [-0.15, -0.1) is 0 Å². The first-order valence-electron chi connectivity index (χ1n) is 18.9. The van der Waals surface area contributed by atoms with Crippen LogP contribution in [0.2, 0.25) is 0 Å². The zero-order chi connectivity index (χ0) is 44.8. The third-order valence-electron chi connectivity index (χ3n) is 8.85. The number of nitrogens with one attached hydrogen (secondary N) is 6. The van der Waals surface area contributed by atoms with Crippen molar-refractivity contribution in [2.45, 2.75) is 82.5 Å². The molecule has 0 fully saturated rings. The van der Waals surface area contributed by atoms with Crippen LogP contribution in [-0.2, 0) is 60.8 Å². The van der Waals surface area contributed by atoms with Gasteiger partial charge in [-0.3, -0.25) is 47.9 Å². The van der Waals surface area contributed by atoms with Crippen LogP contribution in [0.3, 0.4) is 0 Å². The van der Waals surface area contributed by atoms with Crippen LogP contribution in [0, 0.1) is 5.82 Å². The summed E-state index contributed by atoms with van der Waals surface area (Å²) in [5.41, 5.74) is 5.74. The number of carbonyl (C=O) groups excluding carboxylic acids is 8. The number of hydrogen-bond acceptors (Lipinski definition) is 10. The van der Waals surface area contributed by atoms with Crippen molar-refractivity contribution in [2.24, 2.45) is 5.73 Å². The number of carbonyl (C=O) groups is 10. The number of benzene rings is 2. The van der Waals surface area contributed by atoms with Gasteiger partial charge in [0.15, 0.2) is 0 Å². The lowest BCUT2D eigenvalue weighted by molar-refractivity contribution is -0.140. The maximum Gasteiger partial charge on any atom is 0.305 e. The molecule has 2 aromatic carbocycles. The highest BCUT2D eigenvalue weighted by molar-refractivity contribution is 5.96. The van der Waals surface area contributed by atoms with Gasteiger partial charge >= 0.3 is 11.9 Å². The highest BCUT2D eigenvalue weighted by atomic mass is 19.1. The van der Waals surface area contributed by atoms with Gasteiger partial charge in [-0.05, 0) is 30.0 Å². The number of amides is 8. The number of carboxylic acids is 2. The Morgan fingerprint density at radius 1 is 0.667 bits per heavy atom. The average molecular weight is 843 g/mol. The molecule has 0 aromatic heterocycles. The van der Waals surface area contributed by atoms with E-state index >= 15 is 0 Å². The maximum absolute atomic E-state index is 14.8. The molecule has 2 aromatic rings. The predicted molar refractivity (Wildman–Crippen MR) is 209 cm³/mol. The van der Waals surface area contributed by atoms with Gasteiger partial charge in [0.2, 0.25) is 47.3 Å². The quantitative estimate of drug-likeness (QED) is 0.0510. The van der Waals surface area contributed by atoms with Crippen molar-refractivity contribution in [1.29, 1.82) is 0 Å². The van der Waals surface area contributed by atoms with E-state index in [0.717, 1.165) is 11.0 Å². The van der Waals surface area contributed by atoms with Crippen LogP contribution in [-0.4, -0.2) is 125 Å². The van der Waals surface area contributed by atoms with Crippen LogP contribution in [0.5, 0.6) is 0 Å². The summed E-state index contributed by atoms with van der Waals surface area (Å²) in [5, 5.41) is 32.0. The van der Waals surface area contributed by atoms with Gasteiger partial charge in [0.1, 0.15) is 30.0 Å².